The number of hydrogen-bond acceptors (Lipinski definition) is 2. The molecule has 96 valence electrons. The predicted octanol–water partition coefficient (Wildman–Crippen LogP) is 2.90. The molecule has 4 heteroatoms. The van der Waals surface area contributed by atoms with Crippen LogP contribution in [0, 0.1) is 12.8 Å². The molecule has 1 unspecified atom stereocenters. The second-order valence-electron chi connectivity index (χ2n) is 5.15. The molecule has 2 rings (SSSR count). The van der Waals surface area contributed by atoms with Gasteiger partial charge in [-0.1, -0.05) is 6.92 Å². The molecule has 0 saturated heterocycles. The van der Waals surface area contributed by atoms with Gasteiger partial charge < -0.3 is 5.32 Å². The van der Waals surface area contributed by atoms with Crippen LogP contribution in [0.3, 0.4) is 0 Å². The molecule has 1 atom stereocenters. The lowest BCUT2D eigenvalue weighted by atomic mass is 10.1. The van der Waals surface area contributed by atoms with E-state index in [9.17, 15) is 0 Å². The highest BCUT2D eigenvalue weighted by Gasteiger charge is 2.21. The normalized spacial score (nSPS) is 17.4. The summed E-state index contributed by atoms with van der Waals surface area (Å²) in [6, 6.07) is 0.804. The van der Waals surface area contributed by atoms with E-state index in [1.807, 2.05) is 0 Å². The maximum atomic E-state index is 4.54. The van der Waals surface area contributed by atoms with E-state index in [1.165, 1.54) is 23.0 Å². The summed E-state index contributed by atoms with van der Waals surface area (Å²) in [6.07, 6.45) is 3.82. The summed E-state index contributed by atoms with van der Waals surface area (Å²) in [7, 11) is 0. The SMILES string of the molecule is CCn1nc(C)c(Br)c1CC(C)CNC1CC1. The zero-order valence-corrected chi connectivity index (χ0v) is 12.5. The monoisotopic (exact) mass is 299 g/mol. The van der Waals surface area contributed by atoms with Crippen molar-refractivity contribution >= 4 is 15.9 Å². The van der Waals surface area contributed by atoms with Crippen LogP contribution >= 0.6 is 15.9 Å². The van der Waals surface area contributed by atoms with E-state index in [0.717, 1.165) is 31.2 Å². The van der Waals surface area contributed by atoms with Crippen molar-refractivity contribution in [1.29, 1.82) is 0 Å². The average Bonchev–Trinajstić information content (AvgIpc) is 3.09. The topological polar surface area (TPSA) is 29.9 Å². The van der Waals surface area contributed by atoms with Crippen LogP contribution < -0.4 is 5.32 Å². The van der Waals surface area contributed by atoms with Gasteiger partial charge in [0.2, 0.25) is 0 Å². The molecule has 17 heavy (non-hydrogen) atoms. The first kappa shape index (κ1) is 13.1. The summed E-state index contributed by atoms with van der Waals surface area (Å²) < 4.78 is 3.31. The number of aromatic nitrogens is 2. The maximum Gasteiger partial charge on any atom is 0.0738 e. The van der Waals surface area contributed by atoms with Crippen LogP contribution in [0.5, 0.6) is 0 Å². The van der Waals surface area contributed by atoms with Gasteiger partial charge in [0.15, 0.2) is 0 Å². The van der Waals surface area contributed by atoms with E-state index in [0.29, 0.717) is 5.92 Å². The second kappa shape index (κ2) is 5.53. The molecule has 1 aliphatic rings. The predicted molar refractivity (Wildman–Crippen MR) is 74.2 cm³/mol. The molecule has 3 nitrogen and oxygen atoms in total. The first-order valence-electron chi connectivity index (χ1n) is 6.57. The van der Waals surface area contributed by atoms with Gasteiger partial charge in [0.1, 0.15) is 0 Å². The highest BCUT2D eigenvalue weighted by molar-refractivity contribution is 9.10. The summed E-state index contributed by atoms with van der Waals surface area (Å²) in [4.78, 5) is 0. The van der Waals surface area contributed by atoms with Crippen molar-refractivity contribution in [3.63, 3.8) is 0 Å². The summed E-state index contributed by atoms with van der Waals surface area (Å²) in [5.41, 5.74) is 2.44. The zero-order valence-electron chi connectivity index (χ0n) is 11.0. The molecule has 0 aliphatic heterocycles. The van der Waals surface area contributed by atoms with Gasteiger partial charge in [-0.2, -0.15) is 5.10 Å². The Kier molecular flexibility index (Phi) is 4.26. The first-order chi connectivity index (χ1) is 8.11. The molecule has 1 heterocycles. The highest BCUT2D eigenvalue weighted by Crippen LogP contribution is 2.24. The van der Waals surface area contributed by atoms with Crippen molar-refractivity contribution in [3.8, 4) is 0 Å². The minimum Gasteiger partial charge on any atom is -0.314 e. The number of rotatable bonds is 6. The van der Waals surface area contributed by atoms with Crippen LogP contribution in [0.25, 0.3) is 0 Å². The minimum absolute atomic E-state index is 0.660. The molecule has 0 bridgehead atoms. The molecule has 0 amide bonds. The number of nitrogens with one attached hydrogen (secondary N) is 1. The molecular formula is C13H22BrN3. The lowest BCUT2D eigenvalue weighted by molar-refractivity contribution is 0.485. The molecule has 1 fully saturated rings. The fourth-order valence-electron chi connectivity index (χ4n) is 2.12. The number of hydrogen-bond donors (Lipinski definition) is 1. The fraction of sp³-hybridized carbons (Fsp3) is 0.769. The summed E-state index contributed by atoms with van der Waals surface area (Å²) in [5, 5.41) is 8.13. The van der Waals surface area contributed by atoms with E-state index in [2.05, 4.69) is 51.8 Å². The minimum atomic E-state index is 0.660. The number of aryl methyl sites for hydroxylation is 2. The third-order valence-electron chi connectivity index (χ3n) is 3.33. The smallest absolute Gasteiger partial charge is 0.0738 e. The Morgan fingerprint density at radius 3 is 2.82 bits per heavy atom. The van der Waals surface area contributed by atoms with E-state index < -0.39 is 0 Å². The van der Waals surface area contributed by atoms with Crippen molar-refractivity contribution in [1.82, 2.24) is 15.1 Å². The Morgan fingerprint density at radius 1 is 1.53 bits per heavy atom. The Hall–Kier alpha value is -0.350. The van der Waals surface area contributed by atoms with E-state index in [1.54, 1.807) is 0 Å². The standard InChI is InChI=1S/C13H22BrN3/c1-4-17-12(13(14)10(3)16-17)7-9(2)8-15-11-5-6-11/h9,11,15H,4-8H2,1-3H3. The average molecular weight is 300 g/mol. The van der Waals surface area contributed by atoms with Gasteiger partial charge in [-0.15, -0.1) is 0 Å². The molecule has 0 aromatic carbocycles. The van der Waals surface area contributed by atoms with Crippen LogP contribution in [0.2, 0.25) is 0 Å². The quantitative estimate of drug-likeness (QED) is 0.875. The van der Waals surface area contributed by atoms with E-state index in [4.69, 9.17) is 0 Å². The molecule has 1 aromatic rings. The van der Waals surface area contributed by atoms with Gasteiger partial charge in [-0.3, -0.25) is 4.68 Å². The van der Waals surface area contributed by atoms with Crippen LogP contribution in [-0.4, -0.2) is 22.4 Å². The molecule has 1 N–H and O–H groups in total. The third kappa shape index (κ3) is 3.32. The van der Waals surface area contributed by atoms with Crippen LogP contribution in [-0.2, 0) is 13.0 Å². The van der Waals surface area contributed by atoms with Crippen LogP contribution in [0.15, 0.2) is 4.47 Å². The first-order valence-corrected chi connectivity index (χ1v) is 7.36. The van der Waals surface area contributed by atoms with Crippen molar-refractivity contribution in [3.05, 3.63) is 15.9 Å². The number of halogens is 1. The Labute approximate surface area is 112 Å². The van der Waals surface area contributed by atoms with Gasteiger partial charge in [-0.05, 0) is 61.5 Å². The van der Waals surface area contributed by atoms with Crippen molar-refractivity contribution in [2.45, 2.75) is 52.6 Å². The largest absolute Gasteiger partial charge is 0.314 e. The second-order valence-corrected chi connectivity index (χ2v) is 5.95. The Bertz CT molecular complexity index is 382. The third-order valence-corrected chi connectivity index (χ3v) is 4.36. The van der Waals surface area contributed by atoms with Gasteiger partial charge in [0.25, 0.3) is 0 Å². The highest BCUT2D eigenvalue weighted by atomic mass is 79.9. The molecular weight excluding hydrogens is 278 g/mol. The summed E-state index contributed by atoms with van der Waals surface area (Å²) in [5.74, 6) is 0.660. The Morgan fingerprint density at radius 2 is 2.24 bits per heavy atom. The molecule has 1 aromatic heterocycles. The van der Waals surface area contributed by atoms with Gasteiger partial charge >= 0.3 is 0 Å². The lowest BCUT2D eigenvalue weighted by Crippen LogP contribution is -2.25. The van der Waals surface area contributed by atoms with Crippen LogP contribution in [0.4, 0.5) is 0 Å². The lowest BCUT2D eigenvalue weighted by Gasteiger charge is -2.13. The van der Waals surface area contributed by atoms with Gasteiger partial charge in [0.05, 0.1) is 15.9 Å². The fourth-order valence-corrected chi connectivity index (χ4v) is 2.57. The van der Waals surface area contributed by atoms with Crippen LogP contribution in [0.1, 0.15) is 38.1 Å². The molecule has 0 radical (unpaired) electrons. The van der Waals surface area contributed by atoms with Gasteiger partial charge in [0, 0.05) is 12.6 Å². The van der Waals surface area contributed by atoms with Crippen molar-refractivity contribution in [2.24, 2.45) is 5.92 Å². The van der Waals surface area contributed by atoms with E-state index >= 15 is 0 Å². The Balaban J connectivity index is 1.95. The molecule has 1 saturated carbocycles. The maximum absolute atomic E-state index is 4.54. The number of nitrogens with zero attached hydrogens (tertiary/aromatic N) is 2. The molecule has 0 spiro atoms. The zero-order chi connectivity index (χ0) is 12.4. The van der Waals surface area contributed by atoms with Gasteiger partial charge in [-0.25, -0.2) is 0 Å². The molecule has 1 aliphatic carbocycles. The summed E-state index contributed by atoms with van der Waals surface area (Å²) in [6.45, 7) is 8.59. The van der Waals surface area contributed by atoms with Crippen molar-refractivity contribution < 1.29 is 0 Å². The van der Waals surface area contributed by atoms with E-state index in [-0.39, 0.29) is 0 Å². The van der Waals surface area contributed by atoms with Crippen molar-refractivity contribution in [2.75, 3.05) is 6.54 Å². The summed E-state index contributed by atoms with van der Waals surface area (Å²) >= 11 is 3.66.